The molecule has 2 unspecified atom stereocenters. The molecule has 2 rings (SSSR count). The first kappa shape index (κ1) is 15.6. The summed E-state index contributed by atoms with van der Waals surface area (Å²) in [6.07, 6.45) is 4.30. The number of carbonyl (C=O) groups excluding carboxylic acids is 1. The van der Waals surface area contributed by atoms with E-state index < -0.39 is 6.10 Å². The van der Waals surface area contributed by atoms with Crippen LogP contribution in [0.4, 0.5) is 11.4 Å². The van der Waals surface area contributed by atoms with Crippen LogP contribution in [0.1, 0.15) is 42.5 Å². The summed E-state index contributed by atoms with van der Waals surface area (Å²) in [7, 11) is 3.78. The van der Waals surface area contributed by atoms with E-state index in [1.54, 1.807) is 12.1 Å². The predicted octanol–water partition coefficient (Wildman–Crippen LogP) is 1.76. The first-order valence-corrected chi connectivity index (χ1v) is 7.55. The summed E-state index contributed by atoms with van der Waals surface area (Å²) in [6.45, 7) is 0. The second-order valence-corrected chi connectivity index (χ2v) is 5.96. The zero-order valence-electron chi connectivity index (χ0n) is 12.8. The highest BCUT2D eigenvalue weighted by Crippen LogP contribution is 2.23. The summed E-state index contributed by atoms with van der Waals surface area (Å²) in [5.74, 6) is -0.169. The van der Waals surface area contributed by atoms with Crippen molar-refractivity contribution in [2.24, 2.45) is 0 Å². The lowest BCUT2D eigenvalue weighted by Crippen LogP contribution is -2.43. The van der Waals surface area contributed by atoms with Crippen molar-refractivity contribution in [3.05, 3.63) is 23.8 Å². The normalized spacial score (nSPS) is 22.4. The van der Waals surface area contributed by atoms with Gasteiger partial charge >= 0.3 is 0 Å². The van der Waals surface area contributed by atoms with Crippen LogP contribution in [0, 0.1) is 0 Å². The van der Waals surface area contributed by atoms with Crippen molar-refractivity contribution >= 4 is 17.3 Å². The Morgan fingerprint density at radius 1 is 1.29 bits per heavy atom. The lowest BCUT2D eigenvalue weighted by atomic mass is 10.0. The molecule has 1 amide bonds. The Morgan fingerprint density at radius 3 is 2.71 bits per heavy atom. The maximum Gasteiger partial charge on any atom is 0.253 e. The third-order valence-electron chi connectivity index (χ3n) is 4.04. The minimum absolute atomic E-state index is 0.169. The van der Waals surface area contributed by atoms with Crippen molar-refractivity contribution < 1.29 is 9.90 Å². The molecule has 0 spiro atoms. The molecule has 5 nitrogen and oxygen atoms in total. The van der Waals surface area contributed by atoms with Gasteiger partial charge in [0.1, 0.15) is 0 Å². The number of nitrogens with two attached hydrogens (primary N) is 1. The van der Waals surface area contributed by atoms with Gasteiger partial charge in [0, 0.05) is 25.5 Å². The van der Waals surface area contributed by atoms with Gasteiger partial charge in [-0.15, -0.1) is 0 Å². The number of amides is 1. The van der Waals surface area contributed by atoms with Crippen molar-refractivity contribution in [1.82, 2.24) is 5.32 Å². The van der Waals surface area contributed by atoms with Crippen LogP contribution in [-0.2, 0) is 0 Å². The third kappa shape index (κ3) is 3.88. The van der Waals surface area contributed by atoms with E-state index in [0.717, 1.165) is 37.8 Å². The molecular formula is C16H25N3O2. The van der Waals surface area contributed by atoms with Crippen LogP contribution >= 0.6 is 0 Å². The molecule has 116 valence electrons. The molecule has 2 atom stereocenters. The smallest absolute Gasteiger partial charge is 0.253 e. The lowest BCUT2D eigenvalue weighted by molar-refractivity contribution is 0.0819. The Labute approximate surface area is 126 Å². The summed E-state index contributed by atoms with van der Waals surface area (Å²) < 4.78 is 0. The van der Waals surface area contributed by atoms with Gasteiger partial charge < -0.3 is 21.1 Å². The molecule has 1 aromatic carbocycles. The average Bonchev–Trinajstić information content (AvgIpc) is 2.63. The number of anilines is 2. The number of nitrogens with one attached hydrogen (secondary N) is 1. The van der Waals surface area contributed by atoms with Crippen molar-refractivity contribution in [1.29, 1.82) is 0 Å². The molecule has 5 heteroatoms. The maximum atomic E-state index is 12.5. The van der Waals surface area contributed by atoms with Crippen LogP contribution in [0.3, 0.4) is 0 Å². The van der Waals surface area contributed by atoms with E-state index in [-0.39, 0.29) is 11.9 Å². The van der Waals surface area contributed by atoms with Crippen LogP contribution in [0.5, 0.6) is 0 Å². The van der Waals surface area contributed by atoms with Crippen molar-refractivity contribution in [2.75, 3.05) is 24.7 Å². The predicted molar refractivity (Wildman–Crippen MR) is 85.5 cm³/mol. The van der Waals surface area contributed by atoms with Crippen molar-refractivity contribution in [2.45, 2.75) is 44.2 Å². The summed E-state index contributed by atoms with van der Waals surface area (Å²) in [5.41, 5.74) is 7.74. The number of hydrogen-bond acceptors (Lipinski definition) is 4. The topological polar surface area (TPSA) is 78.6 Å². The Hall–Kier alpha value is -1.75. The molecule has 0 saturated heterocycles. The molecule has 1 aliphatic rings. The molecule has 21 heavy (non-hydrogen) atoms. The monoisotopic (exact) mass is 291 g/mol. The molecule has 1 fully saturated rings. The molecule has 0 heterocycles. The maximum absolute atomic E-state index is 12.5. The van der Waals surface area contributed by atoms with Gasteiger partial charge in [0.05, 0.1) is 17.7 Å². The van der Waals surface area contributed by atoms with E-state index in [1.165, 1.54) is 0 Å². The van der Waals surface area contributed by atoms with E-state index >= 15 is 0 Å². The first-order valence-electron chi connectivity index (χ1n) is 7.55. The number of nitrogen functional groups attached to an aromatic ring is 1. The SMILES string of the molecule is CN(C)c1ccc(N)cc1C(=O)NC1CCCCCC1O. The standard InChI is InChI=1S/C16H25N3O2/c1-19(2)14-9-8-11(17)10-12(14)16(21)18-13-6-4-3-5-7-15(13)20/h8-10,13,15,20H,3-7,17H2,1-2H3,(H,18,21). The molecule has 1 aromatic rings. The minimum atomic E-state index is -0.458. The number of nitrogens with zero attached hydrogens (tertiary/aromatic N) is 1. The van der Waals surface area contributed by atoms with E-state index in [2.05, 4.69) is 5.32 Å². The van der Waals surface area contributed by atoms with Crippen LogP contribution in [0.2, 0.25) is 0 Å². The van der Waals surface area contributed by atoms with E-state index in [4.69, 9.17) is 5.73 Å². The molecule has 0 radical (unpaired) electrons. The minimum Gasteiger partial charge on any atom is -0.399 e. The molecular weight excluding hydrogens is 266 g/mol. The van der Waals surface area contributed by atoms with Gasteiger partial charge in [-0.05, 0) is 31.0 Å². The molecule has 0 aliphatic heterocycles. The van der Waals surface area contributed by atoms with Crippen molar-refractivity contribution in [3.8, 4) is 0 Å². The number of rotatable bonds is 3. The van der Waals surface area contributed by atoms with Gasteiger partial charge in [0.2, 0.25) is 0 Å². The highest BCUT2D eigenvalue weighted by Gasteiger charge is 2.24. The fraction of sp³-hybridized carbons (Fsp3) is 0.562. The fourth-order valence-corrected chi connectivity index (χ4v) is 2.83. The zero-order valence-corrected chi connectivity index (χ0v) is 12.8. The van der Waals surface area contributed by atoms with Gasteiger partial charge in [0.25, 0.3) is 5.91 Å². The second kappa shape index (κ2) is 6.80. The largest absolute Gasteiger partial charge is 0.399 e. The Balaban J connectivity index is 2.17. The highest BCUT2D eigenvalue weighted by atomic mass is 16.3. The zero-order chi connectivity index (χ0) is 15.4. The van der Waals surface area contributed by atoms with Gasteiger partial charge in [0.15, 0.2) is 0 Å². The summed E-state index contributed by atoms with van der Waals surface area (Å²) in [5, 5.41) is 13.1. The van der Waals surface area contributed by atoms with E-state index in [9.17, 15) is 9.90 Å². The molecule has 0 bridgehead atoms. The second-order valence-electron chi connectivity index (χ2n) is 5.96. The Kier molecular flexibility index (Phi) is 5.07. The van der Waals surface area contributed by atoms with E-state index in [0.29, 0.717) is 11.3 Å². The number of aliphatic hydroxyl groups is 1. The molecule has 1 aliphatic carbocycles. The summed E-state index contributed by atoms with van der Waals surface area (Å²) >= 11 is 0. The number of carbonyl (C=O) groups is 1. The number of benzene rings is 1. The van der Waals surface area contributed by atoms with Gasteiger partial charge in [-0.25, -0.2) is 0 Å². The highest BCUT2D eigenvalue weighted by molar-refractivity contribution is 6.00. The van der Waals surface area contributed by atoms with Crippen LogP contribution in [-0.4, -0.2) is 37.3 Å². The Bertz CT molecular complexity index is 502. The lowest BCUT2D eigenvalue weighted by Gasteiger charge is -2.24. The van der Waals surface area contributed by atoms with Gasteiger partial charge in [-0.3, -0.25) is 4.79 Å². The fourth-order valence-electron chi connectivity index (χ4n) is 2.83. The summed E-state index contributed by atoms with van der Waals surface area (Å²) in [6, 6.07) is 5.14. The number of hydrogen-bond donors (Lipinski definition) is 3. The molecule has 1 saturated carbocycles. The van der Waals surface area contributed by atoms with Gasteiger partial charge in [-0.1, -0.05) is 19.3 Å². The van der Waals surface area contributed by atoms with Crippen LogP contribution in [0.25, 0.3) is 0 Å². The number of aliphatic hydroxyl groups excluding tert-OH is 1. The van der Waals surface area contributed by atoms with Gasteiger partial charge in [-0.2, -0.15) is 0 Å². The Morgan fingerprint density at radius 2 is 2.00 bits per heavy atom. The average molecular weight is 291 g/mol. The van der Waals surface area contributed by atoms with Crippen LogP contribution < -0.4 is 16.0 Å². The molecule has 0 aromatic heterocycles. The summed E-state index contributed by atoms with van der Waals surface area (Å²) in [4.78, 5) is 14.4. The van der Waals surface area contributed by atoms with Crippen molar-refractivity contribution in [3.63, 3.8) is 0 Å². The third-order valence-corrected chi connectivity index (χ3v) is 4.04. The quantitative estimate of drug-likeness (QED) is 0.586. The first-order chi connectivity index (χ1) is 9.99. The van der Waals surface area contributed by atoms with Crippen LogP contribution in [0.15, 0.2) is 18.2 Å². The molecule has 4 N–H and O–H groups in total. The van der Waals surface area contributed by atoms with E-state index in [1.807, 2.05) is 25.1 Å².